The second-order valence-corrected chi connectivity index (χ2v) is 6.97. The molecule has 1 aliphatic carbocycles. The fourth-order valence-electron chi connectivity index (χ4n) is 3.41. The standard InChI is InChI=1S/C18H23N5O/c1-13-9-20-15(10-19-13)11-22-8-2-3-16(22)12-23-18(24)7-6-17(21-23)14-4-5-14/h6-7,9-10,14,16H,2-5,8,11-12H2,1H3. The van der Waals surface area contributed by atoms with Crippen molar-refractivity contribution in [2.75, 3.05) is 6.54 Å². The molecule has 24 heavy (non-hydrogen) atoms. The van der Waals surface area contributed by atoms with Gasteiger partial charge in [-0.05, 0) is 45.2 Å². The molecule has 1 saturated carbocycles. The molecule has 1 saturated heterocycles. The maximum absolute atomic E-state index is 12.2. The van der Waals surface area contributed by atoms with E-state index in [-0.39, 0.29) is 5.56 Å². The number of likely N-dealkylation sites (tertiary alicyclic amines) is 1. The van der Waals surface area contributed by atoms with E-state index >= 15 is 0 Å². The first-order chi connectivity index (χ1) is 11.7. The molecular formula is C18H23N5O. The van der Waals surface area contributed by atoms with Gasteiger partial charge < -0.3 is 0 Å². The first-order valence-corrected chi connectivity index (χ1v) is 8.79. The lowest BCUT2D eigenvalue weighted by molar-refractivity contribution is 0.213. The van der Waals surface area contributed by atoms with Gasteiger partial charge in [0.25, 0.3) is 5.56 Å². The summed E-state index contributed by atoms with van der Waals surface area (Å²) in [6, 6.07) is 3.91. The first kappa shape index (κ1) is 15.4. The molecule has 1 unspecified atom stereocenters. The van der Waals surface area contributed by atoms with Crippen molar-refractivity contribution in [2.45, 2.75) is 57.7 Å². The molecule has 1 aliphatic heterocycles. The van der Waals surface area contributed by atoms with Crippen molar-refractivity contribution >= 4 is 0 Å². The Kier molecular flexibility index (Phi) is 4.14. The molecule has 4 rings (SSSR count). The Labute approximate surface area is 141 Å². The Morgan fingerprint density at radius 1 is 1.17 bits per heavy atom. The van der Waals surface area contributed by atoms with Crippen LogP contribution < -0.4 is 5.56 Å². The summed E-state index contributed by atoms with van der Waals surface area (Å²) in [5.41, 5.74) is 2.99. The van der Waals surface area contributed by atoms with Crippen molar-refractivity contribution in [1.82, 2.24) is 24.6 Å². The van der Waals surface area contributed by atoms with Gasteiger partial charge >= 0.3 is 0 Å². The SMILES string of the molecule is Cc1cnc(CN2CCCC2Cn2nc(C3CC3)ccc2=O)cn1. The van der Waals surface area contributed by atoms with E-state index in [1.165, 1.54) is 12.8 Å². The molecule has 2 aromatic rings. The van der Waals surface area contributed by atoms with Crippen LogP contribution in [0.5, 0.6) is 0 Å². The third-order valence-corrected chi connectivity index (χ3v) is 4.97. The number of hydrogen-bond acceptors (Lipinski definition) is 5. The van der Waals surface area contributed by atoms with Crippen molar-refractivity contribution in [3.8, 4) is 0 Å². The number of rotatable bonds is 5. The van der Waals surface area contributed by atoms with Gasteiger partial charge in [-0.15, -0.1) is 0 Å². The van der Waals surface area contributed by atoms with Gasteiger partial charge in [-0.3, -0.25) is 19.7 Å². The second kappa shape index (κ2) is 6.43. The Morgan fingerprint density at radius 2 is 2.04 bits per heavy atom. The molecule has 0 N–H and O–H groups in total. The molecule has 2 aromatic heterocycles. The van der Waals surface area contributed by atoms with E-state index in [2.05, 4.69) is 20.0 Å². The van der Waals surface area contributed by atoms with Crippen LogP contribution in [0.1, 0.15) is 48.7 Å². The quantitative estimate of drug-likeness (QED) is 0.840. The van der Waals surface area contributed by atoms with Crippen LogP contribution in [0.4, 0.5) is 0 Å². The van der Waals surface area contributed by atoms with Crippen LogP contribution in [0.15, 0.2) is 29.3 Å². The van der Waals surface area contributed by atoms with Crippen LogP contribution in [-0.4, -0.2) is 37.2 Å². The Hall–Kier alpha value is -2.08. The highest BCUT2D eigenvalue weighted by molar-refractivity contribution is 5.12. The van der Waals surface area contributed by atoms with Gasteiger partial charge in [0.1, 0.15) is 0 Å². The number of nitrogens with zero attached hydrogens (tertiary/aromatic N) is 5. The second-order valence-electron chi connectivity index (χ2n) is 6.97. The first-order valence-electron chi connectivity index (χ1n) is 8.79. The maximum atomic E-state index is 12.2. The van der Waals surface area contributed by atoms with E-state index < -0.39 is 0 Å². The molecule has 2 fully saturated rings. The summed E-state index contributed by atoms with van der Waals surface area (Å²) in [6.45, 7) is 4.44. The molecular weight excluding hydrogens is 302 g/mol. The van der Waals surface area contributed by atoms with Crippen LogP contribution in [0.3, 0.4) is 0 Å². The van der Waals surface area contributed by atoms with Gasteiger partial charge in [0, 0.05) is 37.0 Å². The van der Waals surface area contributed by atoms with Gasteiger partial charge in [0.2, 0.25) is 0 Å². The predicted molar refractivity (Wildman–Crippen MR) is 90.7 cm³/mol. The molecule has 2 aliphatic rings. The normalized spacial score (nSPS) is 21.3. The van der Waals surface area contributed by atoms with E-state index in [9.17, 15) is 4.79 Å². The van der Waals surface area contributed by atoms with E-state index in [1.54, 1.807) is 10.7 Å². The number of aryl methyl sites for hydroxylation is 1. The smallest absolute Gasteiger partial charge is 0.266 e. The summed E-state index contributed by atoms with van der Waals surface area (Å²) < 4.78 is 1.66. The van der Waals surface area contributed by atoms with Gasteiger partial charge in [-0.25, -0.2) is 4.68 Å². The highest BCUT2D eigenvalue weighted by atomic mass is 16.1. The molecule has 0 spiro atoms. The Balaban J connectivity index is 1.48. The summed E-state index contributed by atoms with van der Waals surface area (Å²) >= 11 is 0. The average molecular weight is 325 g/mol. The predicted octanol–water partition coefficient (Wildman–Crippen LogP) is 1.88. The minimum Gasteiger partial charge on any atom is -0.293 e. The van der Waals surface area contributed by atoms with Crippen molar-refractivity contribution < 1.29 is 0 Å². The van der Waals surface area contributed by atoms with Gasteiger partial charge in [0.15, 0.2) is 0 Å². The van der Waals surface area contributed by atoms with Crippen LogP contribution in [0, 0.1) is 6.92 Å². The average Bonchev–Trinajstić information content (AvgIpc) is 3.34. The fraction of sp³-hybridized carbons (Fsp3) is 0.556. The molecule has 0 bridgehead atoms. The number of aromatic nitrogens is 4. The molecule has 0 aromatic carbocycles. The van der Waals surface area contributed by atoms with Crippen LogP contribution in [0.25, 0.3) is 0 Å². The summed E-state index contributed by atoms with van der Waals surface area (Å²) in [4.78, 5) is 23.3. The van der Waals surface area contributed by atoms with E-state index in [0.717, 1.165) is 43.0 Å². The summed E-state index contributed by atoms with van der Waals surface area (Å²) in [5, 5.41) is 4.60. The maximum Gasteiger partial charge on any atom is 0.266 e. The van der Waals surface area contributed by atoms with Crippen molar-refractivity contribution in [2.24, 2.45) is 0 Å². The van der Waals surface area contributed by atoms with Crippen molar-refractivity contribution in [3.63, 3.8) is 0 Å². The molecule has 0 radical (unpaired) electrons. The Morgan fingerprint density at radius 3 is 2.79 bits per heavy atom. The zero-order chi connectivity index (χ0) is 16.5. The van der Waals surface area contributed by atoms with Crippen LogP contribution in [-0.2, 0) is 13.1 Å². The highest BCUT2D eigenvalue weighted by Gasteiger charge is 2.28. The van der Waals surface area contributed by atoms with Crippen LogP contribution in [0.2, 0.25) is 0 Å². The van der Waals surface area contributed by atoms with Crippen molar-refractivity contribution in [1.29, 1.82) is 0 Å². The monoisotopic (exact) mass is 325 g/mol. The molecule has 6 heteroatoms. The van der Waals surface area contributed by atoms with Gasteiger partial charge in [-0.2, -0.15) is 5.10 Å². The third kappa shape index (κ3) is 3.38. The topological polar surface area (TPSA) is 63.9 Å². The molecule has 6 nitrogen and oxygen atoms in total. The van der Waals surface area contributed by atoms with E-state index in [4.69, 9.17) is 0 Å². The highest BCUT2D eigenvalue weighted by Crippen LogP contribution is 2.38. The lowest BCUT2D eigenvalue weighted by Gasteiger charge is -2.24. The lowest BCUT2D eigenvalue weighted by atomic mass is 10.2. The third-order valence-electron chi connectivity index (χ3n) is 4.97. The fourth-order valence-corrected chi connectivity index (χ4v) is 3.41. The van der Waals surface area contributed by atoms with E-state index in [0.29, 0.717) is 18.5 Å². The minimum atomic E-state index is 0.00128. The molecule has 0 amide bonds. The van der Waals surface area contributed by atoms with Crippen LogP contribution >= 0.6 is 0 Å². The van der Waals surface area contributed by atoms with E-state index in [1.807, 2.05) is 25.4 Å². The minimum absolute atomic E-state index is 0.00128. The van der Waals surface area contributed by atoms with Gasteiger partial charge in [0.05, 0.1) is 23.6 Å². The zero-order valence-electron chi connectivity index (χ0n) is 14.1. The van der Waals surface area contributed by atoms with Gasteiger partial charge in [-0.1, -0.05) is 0 Å². The summed E-state index contributed by atoms with van der Waals surface area (Å²) in [5.74, 6) is 0.569. The summed E-state index contributed by atoms with van der Waals surface area (Å²) in [6.07, 6.45) is 8.32. The zero-order valence-corrected chi connectivity index (χ0v) is 14.1. The Bertz CT molecular complexity index is 766. The lowest BCUT2D eigenvalue weighted by Crippen LogP contribution is -2.37. The molecule has 126 valence electrons. The molecule has 3 heterocycles. The van der Waals surface area contributed by atoms with Crippen molar-refractivity contribution in [3.05, 3.63) is 52.0 Å². The summed E-state index contributed by atoms with van der Waals surface area (Å²) in [7, 11) is 0. The molecule has 1 atom stereocenters. The largest absolute Gasteiger partial charge is 0.293 e. The number of hydrogen-bond donors (Lipinski definition) is 0.